The summed E-state index contributed by atoms with van der Waals surface area (Å²) in [6.45, 7) is 0. The van der Waals surface area contributed by atoms with Crippen LogP contribution in [-0.2, 0) is 4.74 Å². The summed E-state index contributed by atoms with van der Waals surface area (Å²) in [5.41, 5.74) is 2.38. The highest BCUT2D eigenvalue weighted by Gasteiger charge is 2.25. The van der Waals surface area contributed by atoms with Gasteiger partial charge in [0.15, 0.2) is 0 Å². The number of cyclic esters (lactones) is 1. The molecule has 2 aromatic carbocycles. The zero-order valence-corrected chi connectivity index (χ0v) is 10.1. The van der Waals surface area contributed by atoms with Gasteiger partial charge in [0.25, 0.3) is 0 Å². The van der Waals surface area contributed by atoms with E-state index in [1.807, 2.05) is 36.4 Å². The predicted octanol–water partition coefficient (Wildman–Crippen LogP) is 4.01. The van der Waals surface area contributed by atoms with Gasteiger partial charge >= 0.3 is 5.97 Å². The van der Waals surface area contributed by atoms with Gasteiger partial charge in [-0.15, -0.1) is 0 Å². The zero-order chi connectivity index (χ0) is 12.5. The van der Waals surface area contributed by atoms with Crippen LogP contribution in [0.25, 0.3) is 11.8 Å². The number of carbonyl (C=O) groups is 1. The molecule has 1 aliphatic rings. The third kappa shape index (κ3) is 1.91. The summed E-state index contributed by atoms with van der Waals surface area (Å²) in [6.07, 6.45) is 1.83. The molecule has 0 amide bonds. The van der Waals surface area contributed by atoms with Crippen LogP contribution >= 0.6 is 11.6 Å². The molecule has 2 aromatic rings. The van der Waals surface area contributed by atoms with E-state index >= 15 is 0 Å². The van der Waals surface area contributed by atoms with Gasteiger partial charge in [0.2, 0.25) is 0 Å². The SMILES string of the molecule is O=C1OC(=Cc2ccc(Cl)cc2)c2ccccc21. The van der Waals surface area contributed by atoms with Crippen molar-refractivity contribution in [3.63, 3.8) is 0 Å². The van der Waals surface area contributed by atoms with Gasteiger partial charge in [-0.1, -0.05) is 41.9 Å². The summed E-state index contributed by atoms with van der Waals surface area (Å²) in [6, 6.07) is 14.7. The van der Waals surface area contributed by atoms with Crippen LogP contribution in [0.2, 0.25) is 5.02 Å². The van der Waals surface area contributed by atoms with Gasteiger partial charge in [0.1, 0.15) is 5.76 Å². The Morgan fingerprint density at radius 3 is 2.33 bits per heavy atom. The summed E-state index contributed by atoms with van der Waals surface area (Å²) in [5, 5.41) is 0.681. The van der Waals surface area contributed by atoms with Gasteiger partial charge in [0, 0.05) is 10.6 Å². The molecule has 0 spiro atoms. The molecule has 0 atom stereocenters. The second-order valence-corrected chi connectivity index (χ2v) is 4.43. The second-order valence-electron chi connectivity index (χ2n) is 4.00. The van der Waals surface area contributed by atoms with E-state index in [2.05, 4.69) is 0 Å². The average molecular weight is 257 g/mol. The number of esters is 1. The fourth-order valence-electron chi connectivity index (χ4n) is 1.90. The zero-order valence-electron chi connectivity index (χ0n) is 9.39. The largest absolute Gasteiger partial charge is 0.422 e. The molecule has 0 aromatic heterocycles. The Hall–Kier alpha value is -2.06. The molecular weight excluding hydrogens is 248 g/mol. The van der Waals surface area contributed by atoms with Crippen molar-refractivity contribution in [3.8, 4) is 0 Å². The molecule has 0 radical (unpaired) electrons. The maximum atomic E-state index is 11.6. The van der Waals surface area contributed by atoms with Crippen LogP contribution in [0.4, 0.5) is 0 Å². The fourth-order valence-corrected chi connectivity index (χ4v) is 2.03. The average Bonchev–Trinajstić information content (AvgIpc) is 2.70. The summed E-state index contributed by atoms with van der Waals surface area (Å²) < 4.78 is 5.26. The number of rotatable bonds is 1. The monoisotopic (exact) mass is 256 g/mol. The minimum atomic E-state index is -0.300. The molecule has 0 saturated carbocycles. The van der Waals surface area contributed by atoms with E-state index in [9.17, 15) is 4.79 Å². The van der Waals surface area contributed by atoms with Crippen LogP contribution in [0.1, 0.15) is 21.5 Å². The van der Waals surface area contributed by atoms with E-state index in [1.54, 1.807) is 18.2 Å². The van der Waals surface area contributed by atoms with Gasteiger partial charge in [-0.05, 0) is 29.8 Å². The van der Waals surface area contributed by atoms with E-state index in [1.165, 1.54) is 0 Å². The van der Waals surface area contributed by atoms with E-state index in [0.29, 0.717) is 16.3 Å². The number of hydrogen-bond donors (Lipinski definition) is 0. The van der Waals surface area contributed by atoms with Crippen molar-refractivity contribution in [1.82, 2.24) is 0 Å². The van der Waals surface area contributed by atoms with Crippen molar-refractivity contribution in [2.75, 3.05) is 0 Å². The molecule has 0 unspecified atom stereocenters. The highest BCUT2D eigenvalue weighted by Crippen LogP contribution is 2.31. The first-order valence-corrected chi connectivity index (χ1v) is 5.91. The molecule has 2 nitrogen and oxygen atoms in total. The molecule has 3 heteroatoms. The topological polar surface area (TPSA) is 26.3 Å². The molecule has 0 aliphatic carbocycles. The molecular formula is C15H9ClO2. The smallest absolute Gasteiger partial charge is 0.344 e. The molecule has 0 N–H and O–H groups in total. The summed E-state index contributed by atoms with van der Waals surface area (Å²) in [4.78, 5) is 11.6. The third-order valence-corrected chi connectivity index (χ3v) is 3.03. The summed E-state index contributed by atoms with van der Waals surface area (Å²) in [5.74, 6) is 0.281. The lowest BCUT2D eigenvalue weighted by molar-refractivity contribution is 0.0717. The maximum Gasteiger partial charge on any atom is 0.344 e. The first-order chi connectivity index (χ1) is 8.74. The minimum absolute atomic E-state index is 0.300. The van der Waals surface area contributed by atoms with Crippen LogP contribution in [-0.4, -0.2) is 5.97 Å². The van der Waals surface area contributed by atoms with Gasteiger partial charge in [0.05, 0.1) is 5.56 Å². The van der Waals surface area contributed by atoms with Crippen LogP contribution in [0, 0.1) is 0 Å². The molecule has 88 valence electrons. The lowest BCUT2D eigenvalue weighted by Gasteiger charge is -1.99. The summed E-state index contributed by atoms with van der Waals surface area (Å²) >= 11 is 5.83. The molecule has 1 heterocycles. The van der Waals surface area contributed by atoms with E-state index in [-0.39, 0.29) is 5.97 Å². The fraction of sp³-hybridized carbons (Fsp3) is 0. The Labute approximate surface area is 109 Å². The highest BCUT2D eigenvalue weighted by atomic mass is 35.5. The number of ether oxygens (including phenoxy) is 1. The first kappa shape index (κ1) is 11.1. The van der Waals surface area contributed by atoms with E-state index in [4.69, 9.17) is 16.3 Å². The first-order valence-electron chi connectivity index (χ1n) is 5.53. The van der Waals surface area contributed by atoms with Crippen LogP contribution in [0.15, 0.2) is 48.5 Å². The Morgan fingerprint density at radius 2 is 1.61 bits per heavy atom. The number of halogens is 1. The Balaban J connectivity index is 2.04. The Morgan fingerprint density at radius 1 is 0.944 bits per heavy atom. The number of hydrogen-bond acceptors (Lipinski definition) is 2. The van der Waals surface area contributed by atoms with Gasteiger partial charge in [-0.25, -0.2) is 4.79 Å². The molecule has 3 rings (SSSR count). The number of carbonyl (C=O) groups excluding carboxylic acids is 1. The van der Waals surface area contributed by atoms with Gasteiger partial charge < -0.3 is 4.74 Å². The quantitative estimate of drug-likeness (QED) is 0.721. The predicted molar refractivity (Wildman–Crippen MR) is 71.2 cm³/mol. The van der Waals surface area contributed by atoms with Crippen molar-refractivity contribution in [1.29, 1.82) is 0 Å². The summed E-state index contributed by atoms with van der Waals surface area (Å²) in [7, 11) is 0. The van der Waals surface area contributed by atoms with E-state index < -0.39 is 0 Å². The van der Waals surface area contributed by atoms with Crippen molar-refractivity contribution >= 4 is 29.4 Å². The van der Waals surface area contributed by atoms with Crippen molar-refractivity contribution in [2.45, 2.75) is 0 Å². The van der Waals surface area contributed by atoms with Gasteiger partial charge in [-0.3, -0.25) is 0 Å². The lowest BCUT2D eigenvalue weighted by Crippen LogP contribution is -1.92. The van der Waals surface area contributed by atoms with Crippen LogP contribution < -0.4 is 0 Å². The normalized spacial score (nSPS) is 15.6. The van der Waals surface area contributed by atoms with Crippen molar-refractivity contribution in [3.05, 3.63) is 70.2 Å². The number of benzene rings is 2. The van der Waals surface area contributed by atoms with Gasteiger partial charge in [-0.2, -0.15) is 0 Å². The second kappa shape index (κ2) is 4.31. The minimum Gasteiger partial charge on any atom is -0.422 e. The van der Waals surface area contributed by atoms with Crippen molar-refractivity contribution in [2.24, 2.45) is 0 Å². The highest BCUT2D eigenvalue weighted by molar-refractivity contribution is 6.30. The lowest BCUT2D eigenvalue weighted by atomic mass is 10.1. The van der Waals surface area contributed by atoms with Crippen LogP contribution in [0.3, 0.4) is 0 Å². The van der Waals surface area contributed by atoms with Crippen LogP contribution in [0.5, 0.6) is 0 Å². The van der Waals surface area contributed by atoms with Crippen molar-refractivity contribution < 1.29 is 9.53 Å². The molecule has 0 saturated heterocycles. The molecule has 1 aliphatic heterocycles. The molecule has 18 heavy (non-hydrogen) atoms. The van der Waals surface area contributed by atoms with E-state index in [0.717, 1.165) is 11.1 Å². The maximum absolute atomic E-state index is 11.6. The molecule has 0 fully saturated rings. The Kier molecular flexibility index (Phi) is 2.65. The standard InChI is InChI=1S/C15H9ClO2/c16-11-7-5-10(6-8-11)9-14-12-3-1-2-4-13(12)15(17)18-14/h1-9H. The Bertz CT molecular complexity index is 642. The third-order valence-electron chi connectivity index (χ3n) is 2.78. The number of fused-ring (bicyclic) bond motifs is 1. The molecule has 0 bridgehead atoms.